The van der Waals surface area contributed by atoms with E-state index in [-0.39, 0.29) is 11.7 Å². The summed E-state index contributed by atoms with van der Waals surface area (Å²) in [6.45, 7) is 1.94. The largest absolute Gasteiger partial charge is 0.481 e. The number of aromatic nitrogens is 2. The van der Waals surface area contributed by atoms with Crippen LogP contribution < -0.4 is 14.4 Å². The highest BCUT2D eigenvalue weighted by Gasteiger charge is 2.43. The molecular formula is C15H24N4O4S. The number of nitrogens with zero attached hydrogens (tertiary/aromatic N) is 3. The zero-order chi connectivity index (χ0) is 17.2. The Morgan fingerprint density at radius 1 is 1.46 bits per heavy atom. The van der Waals surface area contributed by atoms with Crippen molar-refractivity contribution < 1.29 is 17.9 Å². The van der Waals surface area contributed by atoms with E-state index >= 15 is 0 Å². The van der Waals surface area contributed by atoms with Crippen molar-refractivity contribution in [3.63, 3.8) is 0 Å². The summed E-state index contributed by atoms with van der Waals surface area (Å²) in [6, 6.07) is 1.82. The van der Waals surface area contributed by atoms with Crippen molar-refractivity contribution in [2.24, 2.45) is 0 Å². The number of anilines is 1. The van der Waals surface area contributed by atoms with Crippen molar-refractivity contribution in [2.45, 2.75) is 37.4 Å². The minimum atomic E-state index is -3.19. The molecular weight excluding hydrogens is 332 g/mol. The quantitative estimate of drug-likeness (QED) is 0.823. The minimum absolute atomic E-state index is 0.0756. The number of hydrogen-bond donors (Lipinski definition) is 1. The molecule has 1 aromatic rings. The first-order valence-corrected chi connectivity index (χ1v) is 10.0. The Balaban J connectivity index is 1.64. The monoisotopic (exact) mass is 356 g/mol. The van der Waals surface area contributed by atoms with Gasteiger partial charge in [-0.2, -0.15) is 0 Å². The summed E-state index contributed by atoms with van der Waals surface area (Å²) >= 11 is 0. The van der Waals surface area contributed by atoms with E-state index in [1.807, 2.05) is 6.07 Å². The van der Waals surface area contributed by atoms with E-state index in [1.54, 1.807) is 7.11 Å². The fourth-order valence-electron chi connectivity index (χ4n) is 3.47. The molecule has 0 bridgehead atoms. The van der Waals surface area contributed by atoms with Crippen LogP contribution in [0, 0.1) is 0 Å². The van der Waals surface area contributed by atoms with Gasteiger partial charge in [0.25, 0.3) is 0 Å². The zero-order valence-electron chi connectivity index (χ0n) is 14.1. The maximum Gasteiger partial charge on any atom is 0.218 e. The molecule has 2 aliphatic rings. The summed E-state index contributed by atoms with van der Waals surface area (Å²) < 4.78 is 36.6. The molecule has 0 amide bonds. The van der Waals surface area contributed by atoms with Crippen LogP contribution in [0.4, 0.5) is 5.82 Å². The molecule has 8 nitrogen and oxygen atoms in total. The highest BCUT2D eigenvalue weighted by molar-refractivity contribution is 7.88. The number of sulfonamides is 1. The Kier molecular flexibility index (Phi) is 4.93. The zero-order valence-corrected chi connectivity index (χ0v) is 14.9. The van der Waals surface area contributed by atoms with E-state index in [9.17, 15) is 8.42 Å². The van der Waals surface area contributed by atoms with Gasteiger partial charge in [0.05, 0.1) is 25.1 Å². The maximum atomic E-state index is 11.3. The molecule has 3 rings (SSSR count). The molecule has 3 heterocycles. The highest BCUT2D eigenvalue weighted by atomic mass is 32.2. The van der Waals surface area contributed by atoms with Gasteiger partial charge < -0.3 is 14.4 Å². The number of ether oxygens (including phenoxy) is 2. The summed E-state index contributed by atoms with van der Waals surface area (Å²) in [6.07, 6.45) is 6.41. The van der Waals surface area contributed by atoms with E-state index in [0.29, 0.717) is 12.4 Å². The van der Waals surface area contributed by atoms with Gasteiger partial charge in [0.1, 0.15) is 12.1 Å². The summed E-state index contributed by atoms with van der Waals surface area (Å²) in [4.78, 5) is 10.5. The predicted molar refractivity (Wildman–Crippen MR) is 89.7 cm³/mol. The Labute approximate surface area is 142 Å². The number of nitrogens with one attached hydrogen (secondary N) is 1. The van der Waals surface area contributed by atoms with Crippen LogP contribution in [-0.2, 0) is 14.8 Å². The molecule has 1 aromatic heterocycles. The van der Waals surface area contributed by atoms with Gasteiger partial charge in [-0.05, 0) is 25.7 Å². The van der Waals surface area contributed by atoms with Gasteiger partial charge in [-0.1, -0.05) is 0 Å². The summed E-state index contributed by atoms with van der Waals surface area (Å²) in [5.74, 6) is 1.37. The molecule has 0 aromatic carbocycles. The van der Waals surface area contributed by atoms with Gasteiger partial charge in [-0.3, -0.25) is 0 Å². The Morgan fingerprint density at radius 3 is 3.04 bits per heavy atom. The third-order valence-corrected chi connectivity index (χ3v) is 5.32. The van der Waals surface area contributed by atoms with Crippen LogP contribution in [0.25, 0.3) is 0 Å². The summed E-state index contributed by atoms with van der Waals surface area (Å²) in [5.41, 5.74) is -0.222. The van der Waals surface area contributed by atoms with E-state index in [1.165, 1.54) is 12.6 Å². The van der Waals surface area contributed by atoms with E-state index in [2.05, 4.69) is 19.6 Å². The lowest BCUT2D eigenvalue weighted by Gasteiger charge is -2.38. The molecule has 24 heavy (non-hydrogen) atoms. The molecule has 2 atom stereocenters. The first kappa shape index (κ1) is 17.4. The van der Waals surface area contributed by atoms with Crippen molar-refractivity contribution in [3.05, 3.63) is 12.4 Å². The second kappa shape index (κ2) is 6.81. The third-order valence-electron chi connectivity index (χ3n) is 4.63. The molecule has 0 unspecified atom stereocenters. The average molecular weight is 356 g/mol. The Bertz CT molecular complexity index is 684. The molecule has 2 fully saturated rings. The first-order chi connectivity index (χ1) is 11.4. The minimum Gasteiger partial charge on any atom is -0.481 e. The molecule has 1 N–H and O–H groups in total. The number of hydrogen-bond acceptors (Lipinski definition) is 7. The Hall–Kier alpha value is -1.45. The molecule has 0 aliphatic carbocycles. The first-order valence-electron chi connectivity index (χ1n) is 8.13. The SMILES string of the molecule is COc1cc(N2CC[C@]3(CCC[C@H](CNS(C)(=O)=O)O3)C2)ncn1. The second-order valence-electron chi connectivity index (χ2n) is 6.53. The van der Waals surface area contributed by atoms with E-state index < -0.39 is 10.0 Å². The van der Waals surface area contributed by atoms with Crippen LogP contribution in [0.2, 0.25) is 0 Å². The number of methoxy groups -OCH3 is 1. The molecule has 0 saturated carbocycles. The van der Waals surface area contributed by atoms with Crippen molar-refractivity contribution in [1.29, 1.82) is 0 Å². The van der Waals surface area contributed by atoms with Crippen LogP contribution in [-0.4, -0.2) is 63.1 Å². The number of rotatable bonds is 5. The highest BCUT2D eigenvalue weighted by Crippen LogP contribution is 2.38. The lowest BCUT2D eigenvalue weighted by Crippen LogP contribution is -2.46. The van der Waals surface area contributed by atoms with Gasteiger partial charge in [0, 0.05) is 25.7 Å². The topological polar surface area (TPSA) is 93.7 Å². The Morgan fingerprint density at radius 2 is 2.29 bits per heavy atom. The van der Waals surface area contributed by atoms with Crippen LogP contribution in [0.1, 0.15) is 25.7 Å². The fourth-order valence-corrected chi connectivity index (χ4v) is 3.95. The second-order valence-corrected chi connectivity index (χ2v) is 8.36. The third kappa shape index (κ3) is 4.14. The van der Waals surface area contributed by atoms with E-state index in [0.717, 1.165) is 44.6 Å². The van der Waals surface area contributed by atoms with Crippen LogP contribution in [0.5, 0.6) is 5.88 Å². The van der Waals surface area contributed by atoms with Crippen LogP contribution >= 0.6 is 0 Å². The lowest BCUT2D eigenvalue weighted by atomic mass is 9.90. The standard InChI is InChI=1S/C15H24N4O4S/c1-22-14-8-13(16-11-17-14)19-7-6-15(10-19)5-3-4-12(23-15)9-18-24(2,20)21/h8,11-12,18H,3-7,9-10H2,1-2H3/t12-,15-/m1/s1. The van der Waals surface area contributed by atoms with E-state index in [4.69, 9.17) is 9.47 Å². The molecule has 0 radical (unpaired) electrons. The van der Waals surface area contributed by atoms with Crippen molar-refractivity contribution in [2.75, 3.05) is 37.9 Å². The van der Waals surface area contributed by atoms with Crippen LogP contribution in [0.3, 0.4) is 0 Å². The van der Waals surface area contributed by atoms with Gasteiger partial charge in [-0.15, -0.1) is 0 Å². The van der Waals surface area contributed by atoms with Crippen molar-refractivity contribution >= 4 is 15.8 Å². The predicted octanol–water partition coefficient (Wildman–Crippen LogP) is 0.552. The van der Waals surface area contributed by atoms with Gasteiger partial charge in [0.2, 0.25) is 15.9 Å². The molecule has 2 aliphatic heterocycles. The smallest absolute Gasteiger partial charge is 0.218 e. The molecule has 9 heteroatoms. The molecule has 2 saturated heterocycles. The maximum absolute atomic E-state index is 11.3. The fraction of sp³-hybridized carbons (Fsp3) is 0.733. The van der Waals surface area contributed by atoms with Gasteiger partial charge in [-0.25, -0.2) is 23.1 Å². The van der Waals surface area contributed by atoms with Gasteiger partial charge in [0.15, 0.2) is 0 Å². The van der Waals surface area contributed by atoms with Crippen molar-refractivity contribution in [1.82, 2.24) is 14.7 Å². The van der Waals surface area contributed by atoms with Gasteiger partial charge >= 0.3 is 0 Å². The van der Waals surface area contributed by atoms with Crippen molar-refractivity contribution in [3.8, 4) is 5.88 Å². The lowest BCUT2D eigenvalue weighted by molar-refractivity contribution is -0.112. The summed E-state index contributed by atoms with van der Waals surface area (Å²) in [5, 5.41) is 0. The molecule has 134 valence electrons. The van der Waals surface area contributed by atoms with Crippen LogP contribution in [0.15, 0.2) is 12.4 Å². The normalized spacial score (nSPS) is 27.6. The molecule has 1 spiro atoms. The summed E-state index contributed by atoms with van der Waals surface area (Å²) in [7, 11) is -1.61. The average Bonchev–Trinajstić information content (AvgIpc) is 2.96.